The van der Waals surface area contributed by atoms with Gasteiger partial charge in [-0.3, -0.25) is 4.79 Å². The van der Waals surface area contributed by atoms with E-state index in [-0.39, 0.29) is 17.6 Å². The SMILES string of the molecule is O=C(C[C@H](c1cccc(O)c1)c1ccccc1Cl)NC1CCC1. The van der Waals surface area contributed by atoms with Crippen LogP contribution in [0.4, 0.5) is 0 Å². The van der Waals surface area contributed by atoms with Crippen LogP contribution >= 0.6 is 11.6 Å². The van der Waals surface area contributed by atoms with Crippen molar-refractivity contribution in [3.05, 3.63) is 64.7 Å². The van der Waals surface area contributed by atoms with Gasteiger partial charge in [-0.2, -0.15) is 0 Å². The van der Waals surface area contributed by atoms with Gasteiger partial charge in [-0.15, -0.1) is 0 Å². The minimum absolute atomic E-state index is 0.0305. The lowest BCUT2D eigenvalue weighted by molar-refractivity contribution is -0.122. The van der Waals surface area contributed by atoms with E-state index in [4.69, 9.17) is 11.6 Å². The molecule has 0 spiro atoms. The van der Waals surface area contributed by atoms with E-state index < -0.39 is 0 Å². The van der Waals surface area contributed by atoms with Crippen molar-refractivity contribution >= 4 is 17.5 Å². The van der Waals surface area contributed by atoms with Gasteiger partial charge in [0, 0.05) is 23.4 Å². The quantitative estimate of drug-likeness (QED) is 0.862. The molecule has 1 atom stereocenters. The molecule has 0 aliphatic heterocycles. The lowest BCUT2D eigenvalue weighted by Gasteiger charge is -2.27. The van der Waals surface area contributed by atoms with Gasteiger partial charge in [-0.05, 0) is 48.6 Å². The van der Waals surface area contributed by atoms with Gasteiger partial charge in [0.25, 0.3) is 0 Å². The van der Waals surface area contributed by atoms with Crippen molar-refractivity contribution in [2.75, 3.05) is 0 Å². The first-order valence-electron chi connectivity index (χ1n) is 7.96. The number of hydrogen-bond donors (Lipinski definition) is 2. The summed E-state index contributed by atoms with van der Waals surface area (Å²) in [7, 11) is 0. The molecule has 3 rings (SSSR count). The lowest BCUT2D eigenvalue weighted by atomic mass is 9.87. The lowest BCUT2D eigenvalue weighted by Crippen LogP contribution is -2.40. The van der Waals surface area contributed by atoms with Gasteiger partial charge in [-0.25, -0.2) is 0 Å². The maximum Gasteiger partial charge on any atom is 0.221 e. The zero-order valence-corrected chi connectivity index (χ0v) is 13.6. The highest BCUT2D eigenvalue weighted by Crippen LogP contribution is 2.34. The first-order chi connectivity index (χ1) is 11.1. The maximum atomic E-state index is 12.4. The molecule has 0 aromatic heterocycles. The van der Waals surface area contributed by atoms with Gasteiger partial charge < -0.3 is 10.4 Å². The summed E-state index contributed by atoms with van der Waals surface area (Å²) in [4.78, 5) is 12.4. The molecule has 1 fully saturated rings. The van der Waals surface area contributed by atoms with Crippen LogP contribution in [0.3, 0.4) is 0 Å². The van der Waals surface area contributed by atoms with E-state index in [0.29, 0.717) is 17.5 Å². The summed E-state index contributed by atoms with van der Waals surface area (Å²) < 4.78 is 0. The molecule has 1 saturated carbocycles. The molecule has 1 aliphatic carbocycles. The van der Waals surface area contributed by atoms with Crippen LogP contribution in [0.2, 0.25) is 5.02 Å². The number of rotatable bonds is 5. The molecule has 23 heavy (non-hydrogen) atoms. The van der Waals surface area contributed by atoms with Crippen molar-refractivity contribution in [3.63, 3.8) is 0 Å². The summed E-state index contributed by atoms with van der Waals surface area (Å²) in [5.41, 5.74) is 1.80. The van der Waals surface area contributed by atoms with Crippen LogP contribution < -0.4 is 5.32 Å². The first kappa shape index (κ1) is 15.9. The zero-order chi connectivity index (χ0) is 16.2. The molecule has 3 nitrogen and oxygen atoms in total. The number of amides is 1. The monoisotopic (exact) mass is 329 g/mol. The van der Waals surface area contributed by atoms with Crippen LogP contribution in [0.1, 0.15) is 42.7 Å². The first-order valence-corrected chi connectivity index (χ1v) is 8.34. The van der Waals surface area contributed by atoms with Crippen LogP contribution in [0.15, 0.2) is 48.5 Å². The largest absolute Gasteiger partial charge is 0.508 e. The summed E-state index contributed by atoms with van der Waals surface area (Å²) in [5, 5.41) is 13.5. The summed E-state index contributed by atoms with van der Waals surface area (Å²) in [5.74, 6) is 0.0535. The fourth-order valence-corrected chi connectivity index (χ4v) is 3.20. The number of benzene rings is 2. The Hall–Kier alpha value is -2.00. The van der Waals surface area contributed by atoms with E-state index >= 15 is 0 Å². The second kappa shape index (κ2) is 7.05. The molecule has 120 valence electrons. The number of carbonyl (C=O) groups excluding carboxylic acids is 1. The molecular formula is C19H20ClNO2. The molecule has 0 unspecified atom stereocenters. The number of phenols is 1. The average Bonchev–Trinajstić information content (AvgIpc) is 2.49. The topological polar surface area (TPSA) is 49.3 Å². The minimum Gasteiger partial charge on any atom is -0.508 e. The molecule has 2 aromatic carbocycles. The van der Waals surface area contributed by atoms with Crippen molar-refractivity contribution in [1.29, 1.82) is 0 Å². The zero-order valence-electron chi connectivity index (χ0n) is 12.8. The van der Waals surface area contributed by atoms with Crippen molar-refractivity contribution in [2.45, 2.75) is 37.6 Å². The molecule has 4 heteroatoms. The molecule has 2 aromatic rings. The van der Waals surface area contributed by atoms with Gasteiger partial charge in [-0.1, -0.05) is 41.9 Å². The van der Waals surface area contributed by atoms with Gasteiger partial charge in [0.1, 0.15) is 5.75 Å². The van der Waals surface area contributed by atoms with E-state index in [1.807, 2.05) is 30.3 Å². The van der Waals surface area contributed by atoms with Gasteiger partial charge in [0.15, 0.2) is 0 Å². The molecular weight excluding hydrogens is 310 g/mol. The predicted molar refractivity (Wildman–Crippen MR) is 91.8 cm³/mol. The number of hydrogen-bond acceptors (Lipinski definition) is 2. The Bertz CT molecular complexity index is 697. The van der Waals surface area contributed by atoms with E-state index in [2.05, 4.69) is 5.32 Å². The predicted octanol–water partition coefficient (Wildman–Crippen LogP) is 4.24. The van der Waals surface area contributed by atoms with E-state index in [1.165, 1.54) is 6.42 Å². The third-order valence-corrected chi connectivity index (χ3v) is 4.76. The Labute approximate surface area is 141 Å². The summed E-state index contributed by atoms with van der Waals surface area (Å²) in [6.45, 7) is 0. The van der Waals surface area contributed by atoms with E-state index in [9.17, 15) is 9.90 Å². The third-order valence-electron chi connectivity index (χ3n) is 4.41. The van der Waals surface area contributed by atoms with Crippen LogP contribution in [0, 0.1) is 0 Å². The maximum absolute atomic E-state index is 12.4. The summed E-state index contributed by atoms with van der Waals surface area (Å²) in [6.07, 6.45) is 3.64. The highest BCUT2D eigenvalue weighted by atomic mass is 35.5. The highest BCUT2D eigenvalue weighted by molar-refractivity contribution is 6.31. The standard InChI is InChI=1S/C19H20ClNO2/c20-18-10-2-1-9-16(18)17(13-5-3-8-15(22)11-13)12-19(23)21-14-6-4-7-14/h1-3,5,8-11,14,17,22H,4,6-7,12H2,(H,21,23)/t17-/m1/s1. The minimum atomic E-state index is -0.170. The van der Waals surface area contributed by atoms with Crippen molar-refractivity contribution in [2.24, 2.45) is 0 Å². The third kappa shape index (κ3) is 3.85. The van der Waals surface area contributed by atoms with Crippen LogP contribution in [-0.4, -0.2) is 17.1 Å². The van der Waals surface area contributed by atoms with Crippen LogP contribution in [0.25, 0.3) is 0 Å². The Morgan fingerprint density at radius 2 is 2.00 bits per heavy atom. The van der Waals surface area contributed by atoms with Crippen LogP contribution in [0.5, 0.6) is 5.75 Å². The normalized spacial score (nSPS) is 15.7. The Kier molecular flexibility index (Phi) is 4.87. The van der Waals surface area contributed by atoms with Crippen LogP contribution in [-0.2, 0) is 4.79 Å². The number of aromatic hydroxyl groups is 1. The average molecular weight is 330 g/mol. The molecule has 0 heterocycles. The fourth-order valence-electron chi connectivity index (χ4n) is 2.93. The second-order valence-corrected chi connectivity index (χ2v) is 6.48. The number of nitrogens with one attached hydrogen (secondary N) is 1. The molecule has 0 radical (unpaired) electrons. The highest BCUT2D eigenvalue weighted by Gasteiger charge is 2.24. The van der Waals surface area contributed by atoms with Gasteiger partial charge in [0.2, 0.25) is 5.91 Å². The Balaban J connectivity index is 1.86. The van der Waals surface area contributed by atoms with Crippen molar-refractivity contribution in [1.82, 2.24) is 5.32 Å². The van der Waals surface area contributed by atoms with Crippen molar-refractivity contribution in [3.8, 4) is 5.75 Å². The van der Waals surface area contributed by atoms with Crippen molar-refractivity contribution < 1.29 is 9.90 Å². The molecule has 1 aliphatic rings. The molecule has 2 N–H and O–H groups in total. The molecule has 1 amide bonds. The molecule has 0 saturated heterocycles. The Morgan fingerprint density at radius 1 is 1.22 bits per heavy atom. The number of phenolic OH excluding ortho intramolecular Hbond substituents is 1. The van der Waals surface area contributed by atoms with E-state index in [1.54, 1.807) is 18.2 Å². The number of carbonyl (C=O) groups is 1. The smallest absolute Gasteiger partial charge is 0.221 e. The van der Waals surface area contributed by atoms with Gasteiger partial charge in [0.05, 0.1) is 0 Å². The summed E-state index contributed by atoms with van der Waals surface area (Å²) >= 11 is 6.34. The molecule has 0 bridgehead atoms. The fraction of sp³-hybridized carbons (Fsp3) is 0.316. The van der Waals surface area contributed by atoms with E-state index in [0.717, 1.165) is 24.0 Å². The van der Waals surface area contributed by atoms with Gasteiger partial charge >= 0.3 is 0 Å². The Morgan fingerprint density at radius 3 is 2.65 bits per heavy atom. The summed E-state index contributed by atoms with van der Waals surface area (Å²) in [6, 6.07) is 14.9. The second-order valence-electron chi connectivity index (χ2n) is 6.07. The number of halogens is 1.